The molecule has 0 heterocycles. The van der Waals surface area contributed by atoms with E-state index in [2.05, 4.69) is 21.2 Å². The fourth-order valence-corrected chi connectivity index (χ4v) is 1.78. The maximum Gasteiger partial charge on any atom is 0.243 e. The number of benzene rings is 1. The fraction of sp³-hybridized carbons (Fsp3) is 0.385. The Morgan fingerprint density at radius 3 is 2.50 bits per heavy atom. The Morgan fingerprint density at radius 2 is 1.94 bits per heavy atom. The van der Waals surface area contributed by atoms with Gasteiger partial charge in [-0.15, -0.1) is 0 Å². The van der Waals surface area contributed by atoms with Crippen LogP contribution >= 0.6 is 15.9 Å². The number of hydrogen-bond acceptors (Lipinski definition) is 2. The van der Waals surface area contributed by atoms with Crippen LogP contribution in [0.4, 0.5) is 5.69 Å². The molecule has 0 radical (unpaired) electrons. The highest BCUT2D eigenvalue weighted by Crippen LogP contribution is 2.08. The molecule has 0 saturated heterocycles. The third kappa shape index (κ3) is 4.49. The first-order chi connectivity index (χ1) is 8.54. The number of para-hydroxylation sites is 1. The number of likely N-dealkylation sites (N-methyl/N-ethyl adjacent to an activating group) is 1. The number of carbonyl (C=O) groups excluding carboxylic acids is 2. The standard InChI is InChI=1S/C13H17BrN2O2/c1-3-11(14)13(18)16(2)9-12(17)15-10-7-5-4-6-8-10/h4-8,11H,3,9H2,1-2H3,(H,15,17). The van der Waals surface area contributed by atoms with Gasteiger partial charge < -0.3 is 10.2 Å². The van der Waals surface area contributed by atoms with Crippen molar-refractivity contribution in [3.63, 3.8) is 0 Å². The number of nitrogens with one attached hydrogen (secondary N) is 1. The van der Waals surface area contributed by atoms with Crippen molar-refractivity contribution >= 4 is 33.4 Å². The summed E-state index contributed by atoms with van der Waals surface area (Å²) in [6.45, 7) is 1.96. The number of rotatable bonds is 5. The second kappa shape index (κ2) is 7.16. The summed E-state index contributed by atoms with van der Waals surface area (Å²) in [5.41, 5.74) is 0.731. The number of anilines is 1. The van der Waals surface area contributed by atoms with Gasteiger partial charge in [0.05, 0.1) is 11.4 Å². The van der Waals surface area contributed by atoms with Gasteiger partial charge in [-0.25, -0.2) is 0 Å². The molecule has 1 aromatic rings. The Kier molecular flexibility index (Phi) is 5.85. The van der Waals surface area contributed by atoms with Crippen LogP contribution in [0.2, 0.25) is 0 Å². The first-order valence-electron chi connectivity index (χ1n) is 5.78. The van der Waals surface area contributed by atoms with E-state index in [-0.39, 0.29) is 23.2 Å². The summed E-state index contributed by atoms with van der Waals surface area (Å²) in [5, 5.41) is 2.74. The number of nitrogens with zero attached hydrogens (tertiary/aromatic N) is 1. The zero-order chi connectivity index (χ0) is 13.5. The van der Waals surface area contributed by atoms with Crippen LogP contribution in [0.15, 0.2) is 30.3 Å². The lowest BCUT2D eigenvalue weighted by Crippen LogP contribution is -2.38. The molecule has 2 amide bonds. The van der Waals surface area contributed by atoms with Crippen LogP contribution in [0.1, 0.15) is 13.3 Å². The monoisotopic (exact) mass is 312 g/mol. The van der Waals surface area contributed by atoms with Crippen molar-refractivity contribution in [2.24, 2.45) is 0 Å². The Bertz CT molecular complexity index is 409. The zero-order valence-corrected chi connectivity index (χ0v) is 12.1. The maximum absolute atomic E-state index is 11.8. The van der Waals surface area contributed by atoms with Gasteiger partial charge >= 0.3 is 0 Å². The van der Waals surface area contributed by atoms with E-state index in [1.165, 1.54) is 4.90 Å². The van der Waals surface area contributed by atoms with Gasteiger partial charge in [-0.3, -0.25) is 9.59 Å². The smallest absolute Gasteiger partial charge is 0.243 e. The molecule has 98 valence electrons. The minimum atomic E-state index is -0.230. The predicted octanol–water partition coefficient (Wildman–Crippen LogP) is 2.26. The zero-order valence-electron chi connectivity index (χ0n) is 10.5. The summed E-state index contributed by atoms with van der Waals surface area (Å²) < 4.78 is 0. The molecule has 0 aromatic heterocycles. The van der Waals surface area contributed by atoms with E-state index in [0.717, 1.165) is 5.69 Å². The van der Waals surface area contributed by atoms with Crippen molar-refractivity contribution in [3.8, 4) is 0 Å². The van der Waals surface area contributed by atoms with Crippen molar-refractivity contribution in [1.82, 2.24) is 4.90 Å². The quantitative estimate of drug-likeness (QED) is 0.848. The predicted molar refractivity (Wildman–Crippen MR) is 75.7 cm³/mol. The molecule has 1 atom stereocenters. The third-order valence-electron chi connectivity index (χ3n) is 2.44. The van der Waals surface area contributed by atoms with E-state index < -0.39 is 0 Å². The molecule has 0 aliphatic carbocycles. The van der Waals surface area contributed by atoms with Gasteiger partial charge in [-0.05, 0) is 18.6 Å². The molecule has 1 rings (SSSR count). The van der Waals surface area contributed by atoms with Crippen molar-refractivity contribution < 1.29 is 9.59 Å². The second-order valence-corrected chi connectivity index (χ2v) is 5.09. The molecule has 0 aliphatic rings. The third-order valence-corrected chi connectivity index (χ3v) is 3.48. The van der Waals surface area contributed by atoms with Crippen molar-refractivity contribution in [2.75, 3.05) is 18.9 Å². The summed E-state index contributed by atoms with van der Waals surface area (Å²) in [5.74, 6) is -0.284. The summed E-state index contributed by atoms with van der Waals surface area (Å²) in [4.78, 5) is 24.7. The number of alkyl halides is 1. The summed E-state index contributed by atoms with van der Waals surface area (Å²) in [6.07, 6.45) is 0.698. The molecular weight excluding hydrogens is 296 g/mol. The largest absolute Gasteiger partial charge is 0.335 e. The van der Waals surface area contributed by atoms with Crippen LogP contribution in [0.5, 0.6) is 0 Å². The van der Waals surface area contributed by atoms with Crippen molar-refractivity contribution in [2.45, 2.75) is 18.2 Å². The average molecular weight is 313 g/mol. The topological polar surface area (TPSA) is 49.4 Å². The van der Waals surface area contributed by atoms with Crippen LogP contribution in [-0.2, 0) is 9.59 Å². The second-order valence-electron chi connectivity index (χ2n) is 3.98. The highest BCUT2D eigenvalue weighted by Gasteiger charge is 2.19. The van der Waals surface area contributed by atoms with E-state index in [9.17, 15) is 9.59 Å². The van der Waals surface area contributed by atoms with Gasteiger partial charge in [0, 0.05) is 12.7 Å². The van der Waals surface area contributed by atoms with E-state index in [4.69, 9.17) is 0 Å². The van der Waals surface area contributed by atoms with E-state index >= 15 is 0 Å². The molecule has 0 bridgehead atoms. The van der Waals surface area contributed by atoms with Crippen LogP contribution in [-0.4, -0.2) is 35.1 Å². The lowest BCUT2D eigenvalue weighted by molar-refractivity contribution is -0.132. The maximum atomic E-state index is 11.8. The van der Waals surface area contributed by atoms with E-state index in [0.29, 0.717) is 6.42 Å². The van der Waals surface area contributed by atoms with Gasteiger partial charge in [0.15, 0.2) is 0 Å². The van der Waals surface area contributed by atoms with Gasteiger partial charge in [-0.2, -0.15) is 0 Å². The van der Waals surface area contributed by atoms with Gasteiger partial charge in [0.2, 0.25) is 11.8 Å². The molecule has 1 unspecified atom stereocenters. The summed E-state index contributed by atoms with van der Waals surface area (Å²) >= 11 is 3.28. The molecule has 18 heavy (non-hydrogen) atoms. The highest BCUT2D eigenvalue weighted by molar-refractivity contribution is 9.10. The minimum absolute atomic E-state index is 0.0514. The Hall–Kier alpha value is -1.36. The number of amides is 2. The fourth-order valence-electron chi connectivity index (χ4n) is 1.43. The minimum Gasteiger partial charge on any atom is -0.335 e. The first kappa shape index (κ1) is 14.7. The molecule has 1 N–H and O–H groups in total. The van der Waals surface area contributed by atoms with Crippen LogP contribution in [0.3, 0.4) is 0 Å². The Labute approximate surface area is 115 Å². The SMILES string of the molecule is CCC(Br)C(=O)N(C)CC(=O)Nc1ccccc1. The first-order valence-corrected chi connectivity index (χ1v) is 6.70. The van der Waals surface area contributed by atoms with Crippen molar-refractivity contribution in [3.05, 3.63) is 30.3 Å². The van der Waals surface area contributed by atoms with Crippen LogP contribution in [0, 0.1) is 0 Å². The lowest BCUT2D eigenvalue weighted by Gasteiger charge is -2.19. The molecular formula is C13H17BrN2O2. The van der Waals surface area contributed by atoms with Gasteiger partial charge in [0.1, 0.15) is 0 Å². The highest BCUT2D eigenvalue weighted by atomic mass is 79.9. The molecule has 0 aliphatic heterocycles. The van der Waals surface area contributed by atoms with Gasteiger partial charge in [0.25, 0.3) is 0 Å². The Morgan fingerprint density at radius 1 is 1.33 bits per heavy atom. The molecule has 0 fully saturated rings. The van der Waals surface area contributed by atoms with Crippen LogP contribution in [0.25, 0.3) is 0 Å². The number of hydrogen-bond donors (Lipinski definition) is 1. The Balaban J connectivity index is 2.48. The molecule has 5 heteroatoms. The molecule has 1 aromatic carbocycles. The molecule has 0 saturated carbocycles. The average Bonchev–Trinajstić information content (AvgIpc) is 2.37. The molecule has 4 nitrogen and oxygen atoms in total. The van der Waals surface area contributed by atoms with Crippen molar-refractivity contribution in [1.29, 1.82) is 0 Å². The lowest BCUT2D eigenvalue weighted by atomic mass is 10.3. The van der Waals surface area contributed by atoms with E-state index in [1.54, 1.807) is 19.2 Å². The number of halogens is 1. The van der Waals surface area contributed by atoms with E-state index in [1.807, 2.05) is 25.1 Å². The van der Waals surface area contributed by atoms with Gasteiger partial charge in [-0.1, -0.05) is 41.1 Å². The molecule has 0 spiro atoms. The normalized spacial score (nSPS) is 11.7. The van der Waals surface area contributed by atoms with Crippen LogP contribution < -0.4 is 5.32 Å². The summed E-state index contributed by atoms with van der Waals surface area (Å²) in [6, 6.07) is 9.17. The summed E-state index contributed by atoms with van der Waals surface area (Å²) in [7, 11) is 1.62. The number of carbonyl (C=O) groups is 2.